The number of hydrogen-bond donors (Lipinski definition) is 2. The highest BCUT2D eigenvalue weighted by Crippen LogP contribution is 2.40. The summed E-state index contributed by atoms with van der Waals surface area (Å²) in [6.45, 7) is -0.00870. The van der Waals surface area contributed by atoms with Gasteiger partial charge in [0.25, 0.3) is 0 Å². The van der Waals surface area contributed by atoms with Gasteiger partial charge in [0, 0.05) is 17.8 Å². The van der Waals surface area contributed by atoms with Crippen LogP contribution >= 0.6 is 11.6 Å². The molecule has 0 aliphatic rings. The maximum atomic E-state index is 12.8. The van der Waals surface area contributed by atoms with Gasteiger partial charge in [0.2, 0.25) is 10.0 Å². The fourth-order valence-electron chi connectivity index (χ4n) is 5.62. The number of carbonyl (C=O) groups is 1. The lowest BCUT2D eigenvalue weighted by Crippen LogP contribution is -2.36. The number of rotatable bonds is 14. The fraction of sp³-hybridized carbons (Fsp3) is 0.200. The molecular formula is C35H34ClN3O5S. The molecule has 0 saturated heterocycles. The van der Waals surface area contributed by atoms with E-state index in [0.717, 1.165) is 22.4 Å². The normalized spacial score (nSPS) is 12.5. The molecule has 1 aromatic heterocycles. The summed E-state index contributed by atoms with van der Waals surface area (Å²) in [6, 6.07) is 37.6. The summed E-state index contributed by atoms with van der Waals surface area (Å²) in [7, 11) is -3.86. The molecule has 2 N–H and O–H groups in total. The first kappa shape index (κ1) is 32.0. The van der Waals surface area contributed by atoms with Crippen molar-refractivity contribution in [2.75, 3.05) is 5.75 Å². The van der Waals surface area contributed by atoms with Crippen molar-refractivity contribution in [3.63, 3.8) is 0 Å². The van der Waals surface area contributed by atoms with Gasteiger partial charge in [0.1, 0.15) is 17.4 Å². The summed E-state index contributed by atoms with van der Waals surface area (Å²) in [5, 5.41) is 9.73. The molecule has 8 nitrogen and oxygen atoms in total. The number of imidazole rings is 1. The number of halogens is 1. The van der Waals surface area contributed by atoms with Gasteiger partial charge in [-0.3, -0.25) is 0 Å². The van der Waals surface area contributed by atoms with Gasteiger partial charge in [0.05, 0.1) is 12.0 Å². The summed E-state index contributed by atoms with van der Waals surface area (Å²) in [5.41, 5.74) is 3.90. The van der Waals surface area contributed by atoms with E-state index in [-0.39, 0.29) is 13.0 Å². The van der Waals surface area contributed by atoms with E-state index < -0.39 is 33.6 Å². The molecule has 5 rings (SSSR count). The van der Waals surface area contributed by atoms with Crippen LogP contribution in [0.15, 0.2) is 128 Å². The summed E-state index contributed by atoms with van der Waals surface area (Å²) < 4.78 is 35.2. The van der Waals surface area contributed by atoms with Crippen molar-refractivity contribution in [3.8, 4) is 0 Å². The molecular weight excluding hydrogens is 610 g/mol. The minimum Gasteiger partial charge on any atom is -0.450 e. The number of benzene rings is 4. The second-order valence-corrected chi connectivity index (χ2v) is 12.9. The molecule has 0 bridgehead atoms. The number of carboxylic acid groups (broad SMARTS) is 1. The number of aryl methyl sites for hydroxylation is 1. The maximum Gasteiger partial charge on any atom is 0.506 e. The van der Waals surface area contributed by atoms with Crippen molar-refractivity contribution < 1.29 is 23.1 Å². The minimum absolute atomic E-state index is 0.00870. The van der Waals surface area contributed by atoms with Crippen LogP contribution < -0.4 is 4.72 Å². The molecule has 0 aliphatic carbocycles. The Kier molecular flexibility index (Phi) is 10.3. The summed E-state index contributed by atoms with van der Waals surface area (Å²) >= 11 is 6.14. The van der Waals surface area contributed by atoms with Gasteiger partial charge in [-0.15, -0.1) is 0 Å². The fourth-order valence-corrected chi connectivity index (χ4v) is 7.04. The van der Waals surface area contributed by atoms with E-state index in [0.29, 0.717) is 23.4 Å². The maximum absolute atomic E-state index is 12.8. The molecule has 0 fully saturated rings. The van der Waals surface area contributed by atoms with Crippen molar-refractivity contribution in [1.29, 1.82) is 0 Å². The third-order valence-corrected chi connectivity index (χ3v) is 9.43. The molecule has 1 unspecified atom stereocenters. The van der Waals surface area contributed by atoms with E-state index in [4.69, 9.17) is 21.3 Å². The van der Waals surface area contributed by atoms with Crippen LogP contribution in [0, 0.1) is 0 Å². The molecule has 0 amide bonds. The third kappa shape index (κ3) is 7.81. The van der Waals surface area contributed by atoms with Gasteiger partial charge in [-0.25, -0.2) is 22.9 Å². The lowest BCUT2D eigenvalue weighted by atomic mass is 9.77. The molecule has 10 heteroatoms. The van der Waals surface area contributed by atoms with Crippen LogP contribution in [0.1, 0.15) is 40.8 Å². The molecule has 5 aromatic rings. The van der Waals surface area contributed by atoms with E-state index in [1.807, 2.05) is 67.1 Å². The highest BCUT2D eigenvalue weighted by atomic mass is 35.5. The molecule has 1 atom stereocenters. The van der Waals surface area contributed by atoms with E-state index in [2.05, 4.69) is 45.7 Å². The average molecular weight is 644 g/mol. The zero-order chi connectivity index (χ0) is 31.7. The average Bonchev–Trinajstić information content (AvgIpc) is 3.51. The van der Waals surface area contributed by atoms with Crippen LogP contribution in [0.3, 0.4) is 0 Å². The first-order chi connectivity index (χ1) is 21.8. The molecule has 0 aliphatic heterocycles. The Morgan fingerprint density at radius 2 is 1.40 bits per heavy atom. The van der Waals surface area contributed by atoms with Crippen LogP contribution in [0.5, 0.6) is 0 Å². The van der Waals surface area contributed by atoms with Crippen LogP contribution in [0.2, 0.25) is 5.02 Å². The number of nitrogens with one attached hydrogen (secondary N) is 1. The Morgan fingerprint density at radius 1 is 0.867 bits per heavy atom. The van der Waals surface area contributed by atoms with E-state index in [1.54, 1.807) is 24.3 Å². The highest BCUT2D eigenvalue weighted by molar-refractivity contribution is 7.89. The topological polar surface area (TPSA) is 111 Å². The second-order valence-electron chi connectivity index (χ2n) is 10.7. The summed E-state index contributed by atoms with van der Waals surface area (Å²) in [4.78, 5) is 16.1. The summed E-state index contributed by atoms with van der Waals surface area (Å²) in [6.07, 6.45) is 2.40. The molecule has 232 valence electrons. The van der Waals surface area contributed by atoms with E-state index >= 15 is 0 Å². The van der Waals surface area contributed by atoms with Gasteiger partial charge in [0.15, 0.2) is 0 Å². The van der Waals surface area contributed by atoms with Crippen molar-refractivity contribution in [1.82, 2.24) is 14.3 Å². The lowest BCUT2D eigenvalue weighted by molar-refractivity contribution is 0.0562. The lowest BCUT2D eigenvalue weighted by Gasteiger charge is -2.37. The predicted molar refractivity (Wildman–Crippen MR) is 175 cm³/mol. The number of aromatic nitrogens is 2. The molecule has 0 radical (unpaired) electrons. The van der Waals surface area contributed by atoms with E-state index in [9.17, 15) is 18.3 Å². The Balaban J connectivity index is 1.35. The standard InChI is InChI=1S/C35H34ClN3O5S/c36-33-22-11-10-13-27(33)23-38-45(42,43)25-32(44-34(40)41)21-12-20-31-24-39(26-37-31)35(28-14-4-1-5-15-28,29-16-6-2-7-17-29)30-18-8-3-9-19-30/h1-11,13-19,22,24,26,32,38H,12,20-21,23,25H2,(H,40,41). The predicted octanol–water partition coefficient (Wildman–Crippen LogP) is 6.88. The first-order valence-electron chi connectivity index (χ1n) is 14.6. The highest BCUT2D eigenvalue weighted by Gasteiger charge is 2.38. The Bertz CT molecular complexity index is 1700. The quantitative estimate of drug-likeness (QED) is 0.101. The number of nitrogens with zero attached hydrogens (tertiary/aromatic N) is 2. The minimum atomic E-state index is -3.86. The second kappa shape index (κ2) is 14.6. The van der Waals surface area contributed by atoms with Crippen molar-refractivity contribution >= 4 is 27.8 Å². The molecule has 0 spiro atoms. The Morgan fingerprint density at radius 3 is 1.93 bits per heavy atom. The van der Waals surface area contributed by atoms with Gasteiger partial charge in [-0.1, -0.05) is 121 Å². The first-order valence-corrected chi connectivity index (χ1v) is 16.6. The van der Waals surface area contributed by atoms with Gasteiger partial charge in [-0.05, 0) is 47.6 Å². The number of hydrogen-bond acceptors (Lipinski definition) is 5. The van der Waals surface area contributed by atoms with Crippen molar-refractivity contribution in [2.45, 2.75) is 37.5 Å². The summed E-state index contributed by atoms with van der Waals surface area (Å²) in [5.74, 6) is -0.503. The Hall–Kier alpha value is -4.44. The van der Waals surface area contributed by atoms with Crippen LogP contribution in [0.4, 0.5) is 4.79 Å². The SMILES string of the molecule is O=C(O)OC(CCCc1cn(C(c2ccccc2)(c2ccccc2)c2ccccc2)cn1)CS(=O)(=O)NCc1ccccc1Cl. The zero-order valence-electron chi connectivity index (χ0n) is 24.5. The van der Waals surface area contributed by atoms with Crippen molar-refractivity contribution in [2.24, 2.45) is 0 Å². The Labute approximate surface area is 268 Å². The van der Waals surface area contributed by atoms with E-state index in [1.165, 1.54) is 0 Å². The van der Waals surface area contributed by atoms with Crippen LogP contribution in [-0.2, 0) is 33.3 Å². The number of ether oxygens (including phenoxy) is 1. The third-order valence-electron chi connectivity index (χ3n) is 7.67. The van der Waals surface area contributed by atoms with Gasteiger partial charge >= 0.3 is 6.16 Å². The molecule has 4 aromatic carbocycles. The van der Waals surface area contributed by atoms with Crippen molar-refractivity contribution in [3.05, 3.63) is 161 Å². The van der Waals surface area contributed by atoms with Crippen LogP contribution in [-0.4, -0.2) is 41.1 Å². The molecule has 1 heterocycles. The van der Waals surface area contributed by atoms with Crippen LogP contribution in [0.25, 0.3) is 0 Å². The molecule has 45 heavy (non-hydrogen) atoms. The monoisotopic (exact) mass is 643 g/mol. The largest absolute Gasteiger partial charge is 0.506 e. The number of sulfonamides is 1. The van der Waals surface area contributed by atoms with Gasteiger partial charge < -0.3 is 14.4 Å². The zero-order valence-corrected chi connectivity index (χ0v) is 26.1. The smallest absolute Gasteiger partial charge is 0.450 e. The molecule has 0 saturated carbocycles. The van der Waals surface area contributed by atoms with Gasteiger partial charge in [-0.2, -0.15) is 0 Å².